The average molecular weight is 367 g/mol. The van der Waals surface area contributed by atoms with Gasteiger partial charge in [0.25, 0.3) is 0 Å². The zero-order valence-electron chi connectivity index (χ0n) is 16.4. The molecule has 27 heavy (non-hydrogen) atoms. The molecule has 4 rings (SSSR count). The van der Waals surface area contributed by atoms with Crippen molar-refractivity contribution in [3.63, 3.8) is 0 Å². The lowest BCUT2D eigenvalue weighted by atomic mass is 9.97. The molecule has 0 spiro atoms. The molecule has 1 atom stereocenters. The first-order valence-electron chi connectivity index (χ1n) is 10.2. The third-order valence-electron chi connectivity index (χ3n) is 6.30. The molecule has 1 aromatic heterocycles. The van der Waals surface area contributed by atoms with E-state index in [2.05, 4.69) is 35.0 Å². The van der Waals surface area contributed by atoms with E-state index in [9.17, 15) is 9.59 Å². The van der Waals surface area contributed by atoms with E-state index in [1.807, 2.05) is 0 Å². The number of nitrogens with zero attached hydrogens (tertiary/aromatic N) is 2. The molecule has 2 amide bonds. The van der Waals surface area contributed by atoms with Gasteiger partial charge in [-0.3, -0.25) is 9.59 Å². The summed E-state index contributed by atoms with van der Waals surface area (Å²) in [4.78, 5) is 26.0. The van der Waals surface area contributed by atoms with Gasteiger partial charge in [0.1, 0.15) is 0 Å². The standard InChI is InChI=1S/C22H29N3O2/c1-15-19(20-9-3-6-17-7-5-13-25(15)21(17)20)10-11-23-22(27)18-8-4-12-24(14-18)16(2)26/h3,6,9,18H,4-5,7-8,10-14H2,1-2H3,(H,23,27)/t18-/m1/s1. The second kappa shape index (κ2) is 7.37. The number of hydrogen-bond acceptors (Lipinski definition) is 2. The third-order valence-corrected chi connectivity index (χ3v) is 6.30. The quantitative estimate of drug-likeness (QED) is 0.903. The highest BCUT2D eigenvalue weighted by atomic mass is 16.2. The van der Waals surface area contributed by atoms with E-state index in [1.54, 1.807) is 11.8 Å². The van der Waals surface area contributed by atoms with Crippen molar-refractivity contribution in [3.05, 3.63) is 35.0 Å². The number of benzene rings is 1. The van der Waals surface area contributed by atoms with Gasteiger partial charge in [-0.25, -0.2) is 0 Å². The Balaban J connectivity index is 1.43. The van der Waals surface area contributed by atoms with Crippen LogP contribution in [0.5, 0.6) is 0 Å². The molecule has 5 heteroatoms. The molecule has 3 heterocycles. The molecule has 144 valence electrons. The Labute approximate surface area is 160 Å². The van der Waals surface area contributed by atoms with Crippen molar-refractivity contribution in [2.75, 3.05) is 19.6 Å². The Morgan fingerprint density at radius 3 is 2.89 bits per heavy atom. The van der Waals surface area contributed by atoms with Gasteiger partial charge in [0.15, 0.2) is 0 Å². The molecule has 0 bridgehead atoms. The maximum atomic E-state index is 12.6. The normalized spacial score (nSPS) is 19.3. The van der Waals surface area contributed by atoms with Crippen LogP contribution >= 0.6 is 0 Å². The third kappa shape index (κ3) is 3.35. The van der Waals surface area contributed by atoms with Crippen LogP contribution in [0.2, 0.25) is 0 Å². The highest BCUT2D eigenvalue weighted by molar-refractivity contribution is 5.89. The zero-order chi connectivity index (χ0) is 19.0. The minimum Gasteiger partial charge on any atom is -0.355 e. The molecular formula is C22H29N3O2. The monoisotopic (exact) mass is 367 g/mol. The van der Waals surface area contributed by atoms with Crippen molar-refractivity contribution >= 4 is 22.7 Å². The maximum Gasteiger partial charge on any atom is 0.224 e. The number of likely N-dealkylation sites (tertiary alicyclic amines) is 1. The SMILES string of the molecule is CC(=O)N1CCC[C@@H](C(=O)NCCc2c(C)n3c4c(cccc24)CCC3)C1. The van der Waals surface area contributed by atoms with Crippen molar-refractivity contribution in [1.29, 1.82) is 0 Å². The Morgan fingerprint density at radius 1 is 1.22 bits per heavy atom. The molecule has 5 nitrogen and oxygen atoms in total. The van der Waals surface area contributed by atoms with Gasteiger partial charge >= 0.3 is 0 Å². The molecule has 2 aliphatic rings. The van der Waals surface area contributed by atoms with E-state index in [-0.39, 0.29) is 17.7 Å². The summed E-state index contributed by atoms with van der Waals surface area (Å²) in [7, 11) is 0. The average Bonchev–Trinajstić information content (AvgIpc) is 2.96. The highest BCUT2D eigenvalue weighted by Gasteiger charge is 2.27. The summed E-state index contributed by atoms with van der Waals surface area (Å²) in [6.45, 7) is 6.87. The number of carbonyl (C=O) groups is 2. The fraction of sp³-hybridized carbons (Fsp3) is 0.545. The Kier molecular flexibility index (Phi) is 4.94. The van der Waals surface area contributed by atoms with E-state index < -0.39 is 0 Å². The molecule has 2 aliphatic heterocycles. The molecule has 1 fully saturated rings. The summed E-state index contributed by atoms with van der Waals surface area (Å²) >= 11 is 0. The van der Waals surface area contributed by atoms with Crippen LogP contribution in [-0.2, 0) is 29.0 Å². The van der Waals surface area contributed by atoms with E-state index >= 15 is 0 Å². The minimum atomic E-state index is -0.0706. The Morgan fingerprint density at radius 2 is 2.07 bits per heavy atom. The second-order valence-corrected chi connectivity index (χ2v) is 7.98. The van der Waals surface area contributed by atoms with E-state index in [0.717, 1.165) is 38.8 Å². The fourth-order valence-electron chi connectivity index (χ4n) is 4.84. The number of amides is 2. The van der Waals surface area contributed by atoms with Crippen LogP contribution in [0.25, 0.3) is 10.9 Å². The first-order valence-corrected chi connectivity index (χ1v) is 10.2. The molecule has 1 aromatic carbocycles. The lowest BCUT2D eigenvalue weighted by Gasteiger charge is -2.31. The van der Waals surface area contributed by atoms with Crippen LogP contribution in [0.1, 0.15) is 43.0 Å². The fourth-order valence-corrected chi connectivity index (χ4v) is 4.84. The second-order valence-electron chi connectivity index (χ2n) is 7.98. The van der Waals surface area contributed by atoms with Gasteiger partial charge < -0.3 is 14.8 Å². The Bertz CT molecular complexity index is 883. The van der Waals surface area contributed by atoms with Gasteiger partial charge in [-0.15, -0.1) is 0 Å². The van der Waals surface area contributed by atoms with Crippen molar-refractivity contribution in [3.8, 4) is 0 Å². The maximum absolute atomic E-state index is 12.6. The van der Waals surface area contributed by atoms with Gasteiger partial charge in [0.2, 0.25) is 11.8 Å². The molecule has 2 aromatic rings. The van der Waals surface area contributed by atoms with E-state index in [0.29, 0.717) is 13.1 Å². The van der Waals surface area contributed by atoms with Crippen molar-refractivity contribution in [2.24, 2.45) is 5.92 Å². The van der Waals surface area contributed by atoms with Crippen LogP contribution in [-0.4, -0.2) is 40.9 Å². The number of hydrogen-bond donors (Lipinski definition) is 1. The van der Waals surface area contributed by atoms with Crippen LogP contribution in [0.15, 0.2) is 18.2 Å². The number of aryl methyl sites for hydroxylation is 2. The van der Waals surface area contributed by atoms with Crippen LogP contribution in [0.3, 0.4) is 0 Å². The smallest absolute Gasteiger partial charge is 0.224 e. The van der Waals surface area contributed by atoms with Gasteiger partial charge in [-0.2, -0.15) is 0 Å². The van der Waals surface area contributed by atoms with E-state index in [4.69, 9.17) is 0 Å². The number of nitrogens with one attached hydrogen (secondary N) is 1. The largest absolute Gasteiger partial charge is 0.355 e. The van der Waals surface area contributed by atoms with Crippen molar-refractivity contribution in [2.45, 2.75) is 52.5 Å². The van der Waals surface area contributed by atoms with Gasteiger partial charge in [0, 0.05) is 44.2 Å². The highest BCUT2D eigenvalue weighted by Crippen LogP contribution is 2.32. The number of rotatable bonds is 4. The lowest BCUT2D eigenvalue weighted by molar-refractivity contribution is -0.133. The van der Waals surface area contributed by atoms with Gasteiger partial charge in [-0.1, -0.05) is 18.2 Å². The van der Waals surface area contributed by atoms with Crippen molar-refractivity contribution in [1.82, 2.24) is 14.8 Å². The minimum absolute atomic E-state index is 0.0669. The topological polar surface area (TPSA) is 54.3 Å². The molecule has 0 unspecified atom stereocenters. The first kappa shape index (κ1) is 18.1. The molecule has 0 aliphatic carbocycles. The summed E-state index contributed by atoms with van der Waals surface area (Å²) in [6, 6.07) is 6.62. The summed E-state index contributed by atoms with van der Waals surface area (Å²) in [5.74, 6) is 0.0865. The predicted octanol–water partition coefficient (Wildman–Crippen LogP) is 2.81. The zero-order valence-corrected chi connectivity index (χ0v) is 16.4. The van der Waals surface area contributed by atoms with Crippen LogP contribution in [0.4, 0.5) is 0 Å². The Hall–Kier alpha value is -2.30. The summed E-state index contributed by atoms with van der Waals surface area (Å²) < 4.78 is 2.46. The van der Waals surface area contributed by atoms with Crippen LogP contribution < -0.4 is 5.32 Å². The van der Waals surface area contributed by atoms with Gasteiger partial charge in [-0.05, 0) is 50.2 Å². The molecule has 0 radical (unpaired) electrons. The molecule has 1 saturated heterocycles. The molecule has 0 saturated carbocycles. The summed E-state index contributed by atoms with van der Waals surface area (Å²) in [5, 5.41) is 4.47. The number of carbonyl (C=O) groups excluding carboxylic acids is 2. The predicted molar refractivity (Wildman–Crippen MR) is 107 cm³/mol. The number of aromatic nitrogens is 1. The molecular weight excluding hydrogens is 338 g/mol. The number of para-hydroxylation sites is 1. The summed E-state index contributed by atoms with van der Waals surface area (Å²) in [6.07, 6.45) is 5.00. The van der Waals surface area contributed by atoms with Crippen LogP contribution in [0, 0.1) is 12.8 Å². The van der Waals surface area contributed by atoms with E-state index in [1.165, 1.54) is 34.1 Å². The first-order chi connectivity index (χ1) is 13.1. The lowest BCUT2D eigenvalue weighted by Crippen LogP contribution is -2.45. The molecule has 1 N–H and O–H groups in total. The summed E-state index contributed by atoms with van der Waals surface area (Å²) in [5.41, 5.74) is 5.55. The van der Waals surface area contributed by atoms with Gasteiger partial charge in [0.05, 0.1) is 11.4 Å². The van der Waals surface area contributed by atoms with Crippen molar-refractivity contribution < 1.29 is 9.59 Å². The number of piperidine rings is 1.